The predicted molar refractivity (Wildman–Crippen MR) is 122 cm³/mol. The Morgan fingerprint density at radius 3 is 1.94 bits per heavy atom. The second kappa shape index (κ2) is 10.3. The third-order valence-corrected chi connectivity index (χ3v) is 7.09. The van der Waals surface area contributed by atoms with E-state index in [2.05, 4.69) is 19.8 Å². The number of hydrogen-bond acceptors (Lipinski definition) is 6. The Morgan fingerprint density at radius 2 is 1.48 bits per heavy atom. The number of ether oxygens (including phenoxy) is 2. The van der Waals surface area contributed by atoms with Crippen LogP contribution in [0.3, 0.4) is 0 Å². The molecule has 0 aliphatic carbocycles. The summed E-state index contributed by atoms with van der Waals surface area (Å²) < 4.78 is 29.8. The number of nitrogens with one attached hydrogen (secondary N) is 2. The van der Waals surface area contributed by atoms with E-state index in [1.807, 2.05) is 44.0 Å². The van der Waals surface area contributed by atoms with E-state index in [0.717, 1.165) is 62.0 Å². The average Bonchev–Trinajstić information content (AvgIpc) is 3.37. The molecule has 2 aliphatic heterocycles. The lowest BCUT2D eigenvalue weighted by molar-refractivity contribution is 0.227. The highest BCUT2D eigenvalue weighted by Crippen LogP contribution is 2.29. The third kappa shape index (κ3) is 5.79. The highest BCUT2D eigenvalue weighted by Gasteiger charge is 2.26. The summed E-state index contributed by atoms with van der Waals surface area (Å²) >= 11 is 5.54. The minimum absolute atomic E-state index is 0.0353. The number of aromatic nitrogens is 4. The van der Waals surface area contributed by atoms with Gasteiger partial charge < -0.3 is 9.47 Å². The van der Waals surface area contributed by atoms with Gasteiger partial charge in [0.1, 0.15) is 0 Å². The molecule has 2 aliphatic rings. The van der Waals surface area contributed by atoms with Gasteiger partial charge in [-0.05, 0) is 46.4 Å². The van der Waals surface area contributed by atoms with E-state index in [4.69, 9.17) is 21.3 Å². The highest BCUT2D eigenvalue weighted by molar-refractivity contribution is 7.84. The fraction of sp³-hybridized carbons (Fsp3) is 0.700. The molecule has 0 unspecified atom stereocenters. The Kier molecular flexibility index (Phi) is 8.01. The second-order valence-electron chi connectivity index (χ2n) is 8.71. The third-order valence-electron chi connectivity index (χ3n) is 5.08. The molecule has 0 aromatic carbocycles. The molecule has 9 nitrogen and oxygen atoms in total. The summed E-state index contributed by atoms with van der Waals surface area (Å²) in [4.78, 5) is 2.66. The molecule has 0 fully saturated rings. The van der Waals surface area contributed by atoms with Gasteiger partial charge in [-0.15, -0.1) is 0 Å². The molecule has 0 saturated carbocycles. The maximum absolute atomic E-state index is 12.1. The Morgan fingerprint density at radius 1 is 1.00 bits per heavy atom. The van der Waals surface area contributed by atoms with E-state index in [1.165, 1.54) is 0 Å². The van der Waals surface area contributed by atoms with Crippen molar-refractivity contribution < 1.29 is 13.7 Å². The van der Waals surface area contributed by atoms with E-state index in [1.54, 1.807) is 12.4 Å². The van der Waals surface area contributed by atoms with Crippen molar-refractivity contribution in [3.05, 3.63) is 23.5 Å². The number of halogens is 1. The SMILES string of the molecule is C[C@@H](NCl)c1cnn2c1OCCC2.C[C@@H](N[S@@](=O)C(C)(C)C)c1cnn2c1OCCC2. The van der Waals surface area contributed by atoms with Gasteiger partial charge in [-0.3, -0.25) is 0 Å². The first-order chi connectivity index (χ1) is 14.7. The molecular formula is C20H33ClN6O3S. The van der Waals surface area contributed by atoms with Crippen molar-refractivity contribution in [1.82, 2.24) is 29.1 Å². The van der Waals surface area contributed by atoms with E-state index >= 15 is 0 Å². The predicted octanol–water partition coefficient (Wildman–Crippen LogP) is 3.25. The molecule has 2 aromatic rings. The molecule has 0 spiro atoms. The molecular weight excluding hydrogens is 440 g/mol. The van der Waals surface area contributed by atoms with Crippen LogP contribution in [0.2, 0.25) is 0 Å². The van der Waals surface area contributed by atoms with E-state index in [0.29, 0.717) is 0 Å². The quantitative estimate of drug-likeness (QED) is 0.648. The monoisotopic (exact) mass is 472 g/mol. The topological polar surface area (TPSA) is 95.2 Å². The van der Waals surface area contributed by atoms with E-state index in [9.17, 15) is 4.21 Å². The number of hydrogen-bond donors (Lipinski definition) is 2. The Labute approximate surface area is 191 Å². The lowest BCUT2D eigenvalue weighted by Crippen LogP contribution is -2.35. The van der Waals surface area contributed by atoms with Gasteiger partial charge in [0.25, 0.3) is 0 Å². The summed E-state index contributed by atoms with van der Waals surface area (Å²) in [6, 6.07) is 0.0374. The maximum atomic E-state index is 12.1. The number of fused-ring (bicyclic) bond motifs is 2. The summed E-state index contributed by atoms with van der Waals surface area (Å²) in [6.07, 6.45) is 5.62. The maximum Gasteiger partial charge on any atom is 0.216 e. The zero-order valence-electron chi connectivity index (χ0n) is 18.9. The van der Waals surface area contributed by atoms with Crippen molar-refractivity contribution >= 4 is 22.8 Å². The molecule has 0 bridgehead atoms. The van der Waals surface area contributed by atoms with Gasteiger partial charge in [0.15, 0.2) is 0 Å². The minimum atomic E-state index is -1.10. The van der Waals surface area contributed by atoms with Crippen LogP contribution in [0.5, 0.6) is 11.8 Å². The Hall–Kier alpha value is -1.62. The standard InChI is InChI=1S/C12H21N3O2S.C8H12ClN3O/c1-9(14-18(16)12(2,3)4)10-8-13-15-6-5-7-17-11(10)15;1-6(11-9)7-5-10-12-3-2-4-13-8(7)12/h8-9,14H,5-7H2,1-4H3;5-6,11H,2-4H2,1H3/t9-,18+;6-/m11/s1. The van der Waals surface area contributed by atoms with Gasteiger partial charge in [0.2, 0.25) is 11.8 Å². The van der Waals surface area contributed by atoms with Crippen LogP contribution in [-0.4, -0.2) is 41.7 Å². The molecule has 11 heteroatoms. The largest absolute Gasteiger partial charge is 0.478 e. The average molecular weight is 473 g/mol. The van der Waals surface area contributed by atoms with Crippen LogP contribution in [-0.2, 0) is 24.1 Å². The summed E-state index contributed by atoms with van der Waals surface area (Å²) in [7, 11) is -1.10. The van der Waals surface area contributed by atoms with Gasteiger partial charge in [-0.25, -0.2) is 23.1 Å². The van der Waals surface area contributed by atoms with Gasteiger partial charge in [0.05, 0.1) is 58.5 Å². The minimum Gasteiger partial charge on any atom is -0.478 e. The Bertz CT molecular complexity index is 894. The van der Waals surface area contributed by atoms with Crippen molar-refractivity contribution in [2.45, 2.75) is 77.4 Å². The number of nitrogens with zero attached hydrogens (tertiary/aromatic N) is 4. The van der Waals surface area contributed by atoms with Crippen molar-refractivity contribution in [3.63, 3.8) is 0 Å². The van der Waals surface area contributed by atoms with Crippen molar-refractivity contribution in [2.75, 3.05) is 13.2 Å². The van der Waals surface area contributed by atoms with Crippen molar-refractivity contribution in [3.8, 4) is 11.8 Å². The molecule has 3 atom stereocenters. The Balaban J connectivity index is 0.000000185. The smallest absolute Gasteiger partial charge is 0.216 e. The van der Waals surface area contributed by atoms with Crippen LogP contribution in [0.1, 0.15) is 70.7 Å². The normalized spacial score (nSPS) is 18.4. The lowest BCUT2D eigenvalue weighted by atomic mass is 10.2. The molecule has 2 N–H and O–H groups in total. The fourth-order valence-electron chi connectivity index (χ4n) is 3.23. The van der Waals surface area contributed by atoms with E-state index < -0.39 is 11.0 Å². The number of rotatable bonds is 5. The first kappa shape index (κ1) is 24.0. The van der Waals surface area contributed by atoms with Crippen LogP contribution >= 0.6 is 11.8 Å². The van der Waals surface area contributed by atoms with Crippen LogP contribution in [0.4, 0.5) is 0 Å². The zero-order chi connectivity index (χ0) is 22.6. The highest BCUT2D eigenvalue weighted by atomic mass is 35.5. The molecule has 4 heterocycles. The molecule has 31 heavy (non-hydrogen) atoms. The van der Waals surface area contributed by atoms with Gasteiger partial charge >= 0.3 is 0 Å². The fourth-order valence-corrected chi connectivity index (χ4v) is 4.15. The molecule has 0 amide bonds. The summed E-state index contributed by atoms with van der Waals surface area (Å²) in [5.41, 5.74) is 2.00. The summed E-state index contributed by atoms with van der Waals surface area (Å²) in [6.45, 7) is 13.1. The van der Waals surface area contributed by atoms with E-state index in [-0.39, 0.29) is 16.8 Å². The van der Waals surface area contributed by atoms with Crippen molar-refractivity contribution in [2.24, 2.45) is 0 Å². The molecule has 174 valence electrons. The number of aryl methyl sites for hydroxylation is 2. The summed E-state index contributed by atoms with van der Waals surface area (Å²) in [5, 5.41) is 8.52. The van der Waals surface area contributed by atoms with Crippen LogP contribution in [0.25, 0.3) is 0 Å². The van der Waals surface area contributed by atoms with Crippen molar-refractivity contribution in [1.29, 1.82) is 0 Å². The summed E-state index contributed by atoms with van der Waals surface area (Å²) in [5.74, 6) is 1.67. The first-order valence-corrected chi connectivity index (χ1v) is 12.2. The van der Waals surface area contributed by atoms with Crippen LogP contribution < -0.4 is 19.0 Å². The van der Waals surface area contributed by atoms with Gasteiger partial charge in [-0.1, -0.05) is 0 Å². The molecule has 2 aromatic heterocycles. The molecule has 0 radical (unpaired) electrons. The molecule has 0 saturated heterocycles. The van der Waals surface area contributed by atoms with Crippen LogP contribution in [0, 0.1) is 0 Å². The second-order valence-corrected chi connectivity index (χ2v) is 10.9. The first-order valence-electron chi connectivity index (χ1n) is 10.6. The molecule has 4 rings (SSSR count). The van der Waals surface area contributed by atoms with Crippen LogP contribution in [0.15, 0.2) is 12.4 Å². The van der Waals surface area contributed by atoms with Gasteiger partial charge in [0, 0.05) is 32.0 Å². The lowest BCUT2D eigenvalue weighted by Gasteiger charge is -2.23. The van der Waals surface area contributed by atoms with Gasteiger partial charge in [-0.2, -0.15) is 10.2 Å². The zero-order valence-corrected chi connectivity index (χ0v) is 20.4.